The predicted octanol–water partition coefficient (Wildman–Crippen LogP) is 2.96. The minimum absolute atomic E-state index is 0.131. The van der Waals surface area contributed by atoms with Crippen molar-refractivity contribution in [2.75, 3.05) is 17.2 Å². The summed E-state index contributed by atoms with van der Waals surface area (Å²) < 4.78 is 1.06. The molecule has 3 aliphatic carbocycles. The largest absolute Gasteiger partial charge is 0.390 e. The number of hydrogen-bond donors (Lipinski definition) is 4. The van der Waals surface area contributed by atoms with E-state index in [0.717, 1.165) is 52.3 Å². The number of rotatable bonds is 6. The van der Waals surface area contributed by atoms with Crippen molar-refractivity contribution < 1.29 is 10.2 Å². The monoisotopic (exact) mass is 438 g/mol. The molecule has 31 heavy (non-hydrogen) atoms. The van der Waals surface area contributed by atoms with Gasteiger partial charge in [0.1, 0.15) is 22.4 Å². The van der Waals surface area contributed by atoms with Crippen LogP contribution < -0.4 is 10.6 Å². The number of anilines is 2. The second-order valence-corrected chi connectivity index (χ2v) is 10.3. The van der Waals surface area contributed by atoms with Crippen LogP contribution >= 0.6 is 11.3 Å². The Morgan fingerprint density at radius 1 is 1.19 bits per heavy atom. The Balaban J connectivity index is 1.38. The first kappa shape index (κ1) is 19.3. The lowest BCUT2D eigenvalue weighted by Gasteiger charge is -2.21. The van der Waals surface area contributed by atoms with E-state index in [1.807, 2.05) is 13.0 Å². The van der Waals surface area contributed by atoms with E-state index in [2.05, 4.69) is 15.6 Å². The number of pyridine rings is 1. The van der Waals surface area contributed by atoms with Gasteiger partial charge in [-0.1, -0.05) is 0 Å². The van der Waals surface area contributed by atoms with Crippen LogP contribution in [0.2, 0.25) is 0 Å². The summed E-state index contributed by atoms with van der Waals surface area (Å²) in [5, 5.41) is 28.9. The van der Waals surface area contributed by atoms with E-state index in [9.17, 15) is 10.2 Å². The quantitative estimate of drug-likeness (QED) is 0.464. The highest BCUT2D eigenvalue weighted by atomic mass is 32.1. The van der Waals surface area contributed by atoms with Gasteiger partial charge in [-0.15, -0.1) is 11.3 Å². The van der Waals surface area contributed by atoms with Gasteiger partial charge in [-0.05, 0) is 51.0 Å². The van der Waals surface area contributed by atoms with Crippen LogP contribution in [0.3, 0.4) is 0 Å². The second-order valence-electron chi connectivity index (χ2n) is 9.30. The number of fused-ring (bicyclic) bond motifs is 1. The summed E-state index contributed by atoms with van der Waals surface area (Å²) in [5.41, 5.74) is 2.39. The standard InChI is InChI=1S/C22H26N6O2S/c1-11-16(20-27-14-10-23-7-4-15(14)31-20)19(28-21(25-11)24-9-12-2-3-12)26-13-8-22(5-6-22)18(30)17(13)29/h4,7,10,12-13,17-18,29-30H,2-3,5-6,8-9H2,1H3,(H2,24,25,26,28)/t13-,17+,18+/m1/s1. The SMILES string of the molecule is Cc1nc(NCC2CC2)nc(N[C@@H]2CC3(CC3)[C@@H](O)[C@H]2O)c1-c1nc2cnccc2s1. The lowest BCUT2D eigenvalue weighted by Crippen LogP contribution is -2.35. The van der Waals surface area contributed by atoms with Crippen LogP contribution in [0.15, 0.2) is 18.5 Å². The fraction of sp³-hybridized carbons (Fsp3) is 0.545. The van der Waals surface area contributed by atoms with Gasteiger partial charge in [0.05, 0.1) is 34.3 Å². The average Bonchev–Trinajstić information content (AvgIpc) is 3.67. The molecule has 162 valence electrons. The first-order valence-corrected chi connectivity index (χ1v) is 11.8. The maximum absolute atomic E-state index is 10.7. The summed E-state index contributed by atoms with van der Waals surface area (Å²) in [6.45, 7) is 2.84. The van der Waals surface area contributed by atoms with Gasteiger partial charge in [0.2, 0.25) is 5.95 Å². The van der Waals surface area contributed by atoms with Crippen molar-refractivity contribution in [3.63, 3.8) is 0 Å². The molecule has 0 bridgehead atoms. The molecule has 3 aliphatic rings. The van der Waals surface area contributed by atoms with Crippen molar-refractivity contribution >= 4 is 33.3 Å². The number of aliphatic hydroxyl groups excluding tert-OH is 2. The number of aromatic nitrogens is 4. The molecule has 0 aliphatic heterocycles. The molecule has 3 aromatic rings. The molecule has 0 saturated heterocycles. The van der Waals surface area contributed by atoms with Gasteiger partial charge >= 0.3 is 0 Å². The molecule has 0 unspecified atom stereocenters. The average molecular weight is 439 g/mol. The zero-order valence-electron chi connectivity index (χ0n) is 17.4. The molecular weight excluding hydrogens is 412 g/mol. The number of aryl methyl sites for hydroxylation is 1. The van der Waals surface area contributed by atoms with Gasteiger partial charge in [-0.3, -0.25) is 4.98 Å². The van der Waals surface area contributed by atoms with Crippen molar-refractivity contribution in [1.29, 1.82) is 0 Å². The highest BCUT2D eigenvalue weighted by Crippen LogP contribution is 2.58. The van der Waals surface area contributed by atoms with E-state index in [1.165, 1.54) is 12.8 Å². The Morgan fingerprint density at radius 2 is 2.03 bits per heavy atom. The first-order valence-electron chi connectivity index (χ1n) is 11.0. The Hall–Kier alpha value is -2.36. The van der Waals surface area contributed by atoms with Crippen LogP contribution in [0.5, 0.6) is 0 Å². The van der Waals surface area contributed by atoms with Crippen LogP contribution in [0, 0.1) is 18.3 Å². The van der Waals surface area contributed by atoms with Crippen molar-refractivity contribution in [2.45, 2.75) is 57.3 Å². The molecule has 1 spiro atoms. The number of nitrogens with zero attached hydrogens (tertiary/aromatic N) is 4. The minimum Gasteiger partial charge on any atom is -0.390 e. The van der Waals surface area contributed by atoms with Gasteiger partial charge in [0, 0.05) is 18.2 Å². The molecule has 3 fully saturated rings. The van der Waals surface area contributed by atoms with Crippen molar-refractivity contribution in [3.8, 4) is 10.6 Å². The van der Waals surface area contributed by atoms with Crippen LogP contribution in [-0.2, 0) is 0 Å². The van der Waals surface area contributed by atoms with E-state index in [1.54, 1.807) is 23.7 Å². The summed E-state index contributed by atoms with van der Waals surface area (Å²) in [4.78, 5) is 18.5. The van der Waals surface area contributed by atoms with Crippen LogP contribution in [-0.4, -0.2) is 54.9 Å². The number of hydrogen-bond acceptors (Lipinski definition) is 9. The lowest BCUT2D eigenvalue weighted by atomic mass is 10.0. The topological polar surface area (TPSA) is 116 Å². The molecule has 0 aromatic carbocycles. The second kappa shape index (κ2) is 7.08. The zero-order valence-corrected chi connectivity index (χ0v) is 18.2. The molecule has 9 heteroatoms. The van der Waals surface area contributed by atoms with E-state index in [-0.39, 0.29) is 11.5 Å². The van der Waals surface area contributed by atoms with E-state index < -0.39 is 12.2 Å². The maximum Gasteiger partial charge on any atom is 0.224 e. The Morgan fingerprint density at radius 3 is 2.74 bits per heavy atom. The van der Waals surface area contributed by atoms with Crippen LogP contribution in [0.4, 0.5) is 11.8 Å². The smallest absolute Gasteiger partial charge is 0.224 e. The summed E-state index contributed by atoms with van der Waals surface area (Å²) in [5.74, 6) is 1.96. The minimum atomic E-state index is -0.812. The van der Waals surface area contributed by atoms with Gasteiger partial charge < -0.3 is 20.8 Å². The van der Waals surface area contributed by atoms with Gasteiger partial charge in [0.25, 0.3) is 0 Å². The lowest BCUT2D eigenvalue weighted by molar-refractivity contribution is 0.0106. The summed E-state index contributed by atoms with van der Waals surface area (Å²) in [6, 6.07) is 1.71. The molecule has 8 nitrogen and oxygen atoms in total. The molecule has 4 N–H and O–H groups in total. The molecule has 3 saturated carbocycles. The van der Waals surface area contributed by atoms with Gasteiger partial charge in [0.15, 0.2) is 0 Å². The molecule has 0 radical (unpaired) electrons. The Kier molecular flexibility index (Phi) is 4.42. The molecule has 3 aromatic heterocycles. The zero-order chi connectivity index (χ0) is 21.2. The number of nitrogens with one attached hydrogen (secondary N) is 2. The predicted molar refractivity (Wildman–Crippen MR) is 120 cm³/mol. The molecular formula is C22H26N6O2S. The number of aliphatic hydroxyl groups is 2. The van der Waals surface area contributed by atoms with Crippen molar-refractivity contribution in [2.24, 2.45) is 11.3 Å². The summed E-state index contributed by atoms with van der Waals surface area (Å²) in [7, 11) is 0. The van der Waals surface area contributed by atoms with Gasteiger partial charge in [-0.2, -0.15) is 4.98 Å². The number of thiazole rings is 1. The third kappa shape index (κ3) is 3.44. The third-order valence-electron chi connectivity index (χ3n) is 6.94. The van der Waals surface area contributed by atoms with Crippen LogP contribution in [0.1, 0.15) is 37.8 Å². The maximum atomic E-state index is 10.7. The third-order valence-corrected chi connectivity index (χ3v) is 8.00. The molecule has 3 heterocycles. The van der Waals surface area contributed by atoms with E-state index in [4.69, 9.17) is 15.0 Å². The Bertz CT molecular complexity index is 1110. The fourth-order valence-corrected chi connectivity index (χ4v) is 5.72. The first-order chi connectivity index (χ1) is 15.0. The highest BCUT2D eigenvalue weighted by molar-refractivity contribution is 7.21. The summed E-state index contributed by atoms with van der Waals surface area (Å²) in [6.07, 6.45) is 7.22. The van der Waals surface area contributed by atoms with Crippen LogP contribution in [0.25, 0.3) is 20.8 Å². The Labute approximate surface area is 184 Å². The molecule has 3 atom stereocenters. The molecule has 6 rings (SSSR count). The summed E-state index contributed by atoms with van der Waals surface area (Å²) >= 11 is 1.58. The highest BCUT2D eigenvalue weighted by Gasteiger charge is 2.59. The van der Waals surface area contributed by atoms with Crippen molar-refractivity contribution in [1.82, 2.24) is 19.9 Å². The van der Waals surface area contributed by atoms with Crippen molar-refractivity contribution in [3.05, 3.63) is 24.2 Å². The molecule has 0 amide bonds. The normalized spacial score (nSPS) is 26.5. The van der Waals surface area contributed by atoms with E-state index in [0.29, 0.717) is 17.7 Å². The fourth-order valence-electron chi connectivity index (χ4n) is 4.69. The van der Waals surface area contributed by atoms with Gasteiger partial charge in [-0.25, -0.2) is 9.97 Å². The van der Waals surface area contributed by atoms with E-state index >= 15 is 0 Å².